The Labute approximate surface area is 196 Å². The van der Waals surface area contributed by atoms with Crippen molar-refractivity contribution in [3.63, 3.8) is 0 Å². The van der Waals surface area contributed by atoms with Gasteiger partial charge in [-0.15, -0.1) is 16.8 Å². The first kappa shape index (κ1) is 23.6. The maximum absolute atomic E-state index is 12.4. The Morgan fingerprint density at radius 2 is 1.84 bits per heavy atom. The van der Waals surface area contributed by atoms with Crippen LogP contribution in [0, 0.1) is 13.8 Å². The standard InChI is InChI=1S/C23H24ClN5O2S/c1-4-12-29-20(13-21(30)25-18-10-8-17(24)9-11-18)27-28-23(29)32-14-22(31)26-19-7-5-6-15(2)16(19)3/h4-11H,1,12-14H2,2-3H3,(H,25,30)(H,26,31). The average molecular weight is 470 g/mol. The Morgan fingerprint density at radius 1 is 1.09 bits per heavy atom. The van der Waals surface area contributed by atoms with Gasteiger partial charge in [0.05, 0.1) is 12.2 Å². The van der Waals surface area contributed by atoms with Gasteiger partial charge in [-0.2, -0.15) is 0 Å². The molecule has 0 aliphatic heterocycles. The number of allylic oxidation sites excluding steroid dienone is 1. The molecule has 0 unspecified atom stereocenters. The van der Waals surface area contributed by atoms with E-state index in [0.29, 0.717) is 28.2 Å². The van der Waals surface area contributed by atoms with Crippen LogP contribution in [0.3, 0.4) is 0 Å². The zero-order chi connectivity index (χ0) is 23.1. The summed E-state index contributed by atoms with van der Waals surface area (Å²) < 4.78 is 1.78. The molecule has 3 rings (SSSR count). The van der Waals surface area contributed by atoms with E-state index in [1.807, 2.05) is 32.0 Å². The summed E-state index contributed by atoms with van der Waals surface area (Å²) in [6.07, 6.45) is 1.74. The minimum absolute atomic E-state index is 0.0404. The van der Waals surface area contributed by atoms with Crippen molar-refractivity contribution in [1.82, 2.24) is 14.8 Å². The fraction of sp³-hybridized carbons (Fsp3) is 0.217. The lowest BCUT2D eigenvalue weighted by Crippen LogP contribution is -2.18. The molecule has 0 aliphatic carbocycles. The summed E-state index contributed by atoms with van der Waals surface area (Å²) in [7, 11) is 0. The molecule has 2 N–H and O–H groups in total. The monoisotopic (exact) mass is 469 g/mol. The number of hydrogen-bond donors (Lipinski definition) is 2. The Morgan fingerprint density at radius 3 is 2.56 bits per heavy atom. The molecule has 0 bridgehead atoms. The number of carbonyl (C=O) groups is 2. The van der Waals surface area contributed by atoms with E-state index in [9.17, 15) is 9.59 Å². The Bertz CT molecular complexity index is 1130. The highest BCUT2D eigenvalue weighted by Crippen LogP contribution is 2.21. The summed E-state index contributed by atoms with van der Waals surface area (Å²) in [5.74, 6) is 0.293. The van der Waals surface area contributed by atoms with Crippen LogP contribution in [0.15, 0.2) is 60.3 Å². The number of nitrogens with zero attached hydrogens (tertiary/aromatic N) is 3. The van der Waals surface area contributed by atoms with Crippen molar-refractivity contribution in [2.45, 2.75) is 32.0 Å². The molecule has 9 heteroatoms. The number of hydrogen-bond acceptors (Lipinski definition) is 5. The Kier molecular flexibility index (Phi) is 8.08. The summed E-state index contributed by atoms with van der Waals surface area (Å²) in [4.78, 5) is 24.9. The van der Waals surface area contributed by atoms with Gasteiger partial charge >= 0.3 is 0 Å². The number of thioether (sulfide) groups is 1. The predicted molar refractivity (Wildman–Crippen MR) is 129 cm³/mol. The molecule has 32 heavy (non-hydrogen) atoms. The molecule has 0 spiro atoms. The minimum atomic E-state index is -0.228. The van der Waals surface area contributed by atoms with Gasteiger partial charge in [0.15, 0.2) is 5.16 Å². The van der Waals surface area contributed by atoms with E-state index in [1.54, 1.807) is 34.9 Å². The zero-order valence-corrected chi connectivity index (χ0v) is 19.5. The third kappa shape index (κ3) is 6.21. The maximum Gasteiger partial charge on any atom is 0.234 e. The first-order valence-electron chi connectivity index (χ1n) is 9.94. The summed E-state index contributed by atoms with van der Waals surface area (Å²) >= 11 is 7.13. The average Bonchev–Trinajstić information content (AvgIpc) is 3.13. The van der Waals surface area contributed by atoms with Gasteiger partial charge in [-0.1, -0.05) is 41.6 Å². The van der Waals surface area contributed by atoms with E-state index in [4.69, 9.17) is 11.6 Å². The van der Waals surface area contributed by atoms with Gasteiger partial charge in [-0.25, -0.2) is 0 Å². The van der Waals surface area contributed by atoms with Crippen molar-refractivity contribution in [2.24, 2.45) is 0 Å². The second kappa shape index (κ2) is 11.0. The second-order valence-corrected chi connectivity index (χ2v) is 8.49. The molecule has 0 saturated heterocycles. The predicted octanol–water partition coefficient (Wildman–Crippen LogP) is 4.65. The smallest absolute Gasteiger partial charge is 0.234 e. The van der Waals surface area contributed by atoms with Crippen molar-refractivity contribution < 1.29 is 9.59 Å². The molecule has 0 saturated carbocycles. The molecule has 0 aliphatic rings. The van der Waals surface area contributed by atoms with E-state index >= 15 is 0 Å². The van der Waals surface area contributed by atoms with Crippen LogP contribution in [0.25, 0.3) is 0 Å². The molecule has 7 nitrogen and oxygen atoms in total. The van der Waals surface area contributed by atoms with Gasteiger partial charge in [0.2, 0.25) is 11.8 Å². The van der Waals surface area contributed by atoms with Gasteiger partial charge < -0.3 is 15.2 Å². The summed E-state index contributed by atoms with van der Waals surface area (Å²) in [5.41, 5.74) is 3.59. The topological polar surface area (TPSA) is 88.9 Å². The lowest BCUT2D eigenvalue weighted by molar-refractivity contribution is -0.116. The second-order valence-electron chi connectivity index (χ2n) is 7.11. The zero-order valence-electron chi connectivity index (χ0n) is 17.9. The number of halogens is 1. The molecule has 0 radical (unpaired) electrons. The van der Waals surface area contributed by atoms with Crippen molar-refractivity contribution in [1.29, 1.82) is 0 Å². The lowest BCUT2D eigenvalue weighted by atomic mass is 10.1. The highest BCUT2D eigenvalue weighted by atomic mass is 35.5. The van der Waals surface area contributed by atoms with E-state index in [2.05, 4.69) is 27.4 Å². The largest absolute Gasteiger partial charge is 0.326 e. The third-order valence-electron chi connectivity index (χ3n) is 4.76. The van der Waals surface area contributed by atoms with Gasteiger partial charge in [0.1, 0.15) is 5.82 Å². The van der Waals surface area contributed by atoms with Crippen LogP contribution in [0.4, 0.5) is 11.4 Å². The normalized spacial score (nSPS) is 10.6. The van der Waals surface area contributed by atoms with E-state index in [-0.39, 0.29) is 24.0 Å². The van der Waals surface area contributed by atoms with Crippen LogP contribution in [-0.2, 0) is 22.6 Å². The van der Waals surface area contributed by atoms with Crippen LogP contribution in [0.2, 0.25) is 5.02 Å². The number of aryl methyl sites for hydroxylation is 1. The van der Waals surface area contributed by atoms with Gasteiger partial charge in [-0.05, 0) is 55.3 Å². The first-order chi connectivity index (χ1) is 15.4. The Hall–Kier alpha value is -3.10. The van der Waals surface area contributed by atoms with Crippen LogP contribution in [0.1, 0.15) is 17.0 Å². The lowest BCUT2D eigenvalue weighted by Gasteiger charge is -2.11. The quantitative estimate of drug-likeness (QED) is 0.352. The maximum atomic E-state index is 12.4. The molecule has 1 aromatic heterocycles. The molecule has 1 heterocycles. The van der Waals surface area contributed by atoms with Gasteiger partial charge in [0, 0.05) is 22.9 Å². The molecule has 2 amide bonds. The summed E-state index contributed by atoms with van der Waals surface area (Å²) in [5, 5.41) is 15.2. The van der Waals surface area contributed by atoms with Gasteiger partial charge in [0.25, 0.3) is 0 Å². The summed E-state index contributed by atoms with van der Waals surface area (Å²) in [6, 6.07) is 12.7. The SMILES string of the molecule is C=CCn1c(CC(=O)Nc2ccc(Cl)cc2)nnc1SCC(=O)Nc1cccc(C)c1C. The number of benzene rings is 2. The van der Waals surface area contributed by atoms with E-state index in [0.717, 1.165) is 16.8 Å². The number of aromatic nitrogens is 3. The fourth-order valence-corrected chi connectivity index (χ4v) is 3.85. The molecular weight excluding hydrogens is 446 g/mol. The van der Waals surface area contributed by atoms with Crippen LogP contribution < -0.4 is 10.6 Å². The van der Waals surface area contributed by atoms with Crippen molar-refractivity contribution in [3.05, 3.63) is 77.1 Å². The minimum Gasteiger partial charge on any atom is -0.326 e. The van der Waals surface area contributed by atoms with Crippen molar-refractivity contribution >= 4 is 46.6 Å². The summed E-state index contributed by atoms with van der Waals surface area (Å²) in [6.45, 7) is 8.17. The highest BCUT2D eigenvalue weighted by molar-refractivity contribution is 7.99. The Balaban J connectivity index is 1.62. The highest BCUT2D eigenvalue weighted by Gasteiger charge is 2.17. The number of nitrogens with one attached hydrogen (secondary N) is 2. The number of carbonyl (C=O) groups excluding carboxylic acids is 2. The number of rotatable bonds is 9. The molecule has 2 aromatic carbocycles. The molecule has 0 fully saturated rings. The fourth-order valence-electron chi connectivity index (χ4n) is 2.95. The molecular formula is C23H24ClN5O2S. The van der Waals surface area contributed by atoms with E-state index < -0.39 is 0 Å². The number of anilines is 2. The molecule has 0 atom stereocenters. The van der Waals surface area contributed by atoms with Crippen molar-refractivity contribution in [2.75, 3.05) is 16.4 Å². The van der Waals surface area contributed by atoms with Crippen LogP contribution in [-0.4, -0.2) is 32.3 Å². The van der Waals surface area contributed by atoms with Gasteiger partial charge in [-0.3, -0.25) is 9.59 Å². The third-order valence-corrected chi connectivity index (χ3v) is 5.98. The number of amides is 2. The van der Waals surface area contributed by atoms with Crippen LogP contribution in [0.5, 0.6) is 0 Å². The first-order valence-corrected chi connectivity index (χ1v) is 11.3. The van der Waals surface area contributed by atoms with E-state index in [1.165, 1.54) is 11.8 Å². The van der Waals surface area contributed by atoms with Crippen LogP contribution >= 0.6 is 23.4 Å². The van der Waals surface area contributed by atoms with Crippen molar-refractivity contribution in [3.8, 4) is 0 Å². The molecule has 166 valence electrons. The molecule has 3 aromatic rings.